The molecule has 1 atom stereocenters. The van der Waals surface area contributed by atoms with Crippen molar-refractivity contribution in [1.82, 2.24) is 9.91 Å². The molecule has 0 unspecified atom stereocenters. The average molecular weight is 424 g/mol. The summed E-state index contributed by atoms with van der Waals surface area (Å²) in [6.07, 6.45) is 2.25. The number of furan rings is 1. The van der Waals surface area contributed by atoms with Crippen LogP contribution < -0.4 is 4.74 Å². The summed E-state index contributed by atoms with van der Waals surface area (Å²) in [6, 6.07) is 15.4. The topological polar surface area (TPSA) is 58.3 Å². The van der Waals surface area contributed by atoms with Crippen molar-refractivity contribution in [1.29, 1.82) is 0 Å². The summed E-state index contributed by atoms with van der Waals surface area (Å²) in [7, 11) is 1.64. The molecule has 0 N–H and O–H groups in total. The first-order valence-corrected chi connectivity index (χ1v) is 10.9. The fourth-order valence-electron chi connectivity index (χ4n) is 3.57. The van der Waals surface area contributed by atoms with Crippen LogP contribution in [0.1, 0.15) is 35.6 Å². The first-order chi connectivity index (χ1) is 14.7. The third-order valence-electron chi connectivity index (χ3n) is 5.23. The minimum atomic E-state index is -0.231. The van der Waals surface area contributed by atoms with Gasteiger partial charge >= 0.3 is 0 Å². The van der Waals surface area contributed by atoms with Gasteiger partial charge in [-0.05, 0) is 60.0 Å². The maximum atomic E-state index is 13.2. The highest BCUT2D eigenvalue weighted by atomic mass is 32.1. The molecule has 0 radical (unpaired) electrons. The summed E-state index contributed by atoms with van der Waals surface area (Å²) in [5.41, 5.74) is 1.85. The number of carbonyl (C=O) groups is 1. The van der Waals surface area contributed by atoms with Crippen LogP contribution in [0.5, 0.6) is 5.75 Å². The molecular formula is C23H25N3O3S. The molecule has 2 aromatic heterocycles. The van der Waals surface area contributed by atoms with Crippen molar-refractivity contribution in [2.45, 2.75) is 25.9 Å². The van der Waals surface area contributed by atoms with Gasteiger partial charge in [0, 0.05) is 17.8 Å². The van der Waals surface area contributed by atoms with Gasteiger partial charge in [-0.1, -0.05) is 13.0 Å². The predicted octanol–water partition coefficient (Wildman–Crippen LogP) is 4.55. The second kappa shape index (κ2) is 9.28. The molecule has 0 fully saturated rings. The van der Waals surface area contributed by atoms with Crippen LogP contribution >= 0.6 is 11.3 Å². The largest absolute Gasteiger partial charge is 0.497 e. The van der Waals surface area contributed by atoms with Gasteiger partial charge in [0.05, 0.1) is 25.6 Å². The number of nitrogens with zero attached hydrogens (tertiary/aromatic N) is 3. The quantitative estimate of drug-likeness (QED) is 0.533. The highest BCUT2D eigenvalue weighted by molar-refractivity contribution is 7.09. The molecule has 156 valence electrons. The van der Waals surface area contributed by atoms with Crippen LogP contribution in [0, 0.1) is 0 Å². The van der Waals surface area contributed by atoms with Gasteiger partial charge < -0.3 is 9.15 Å². The van der Waals surface area contributed by atoms with Crippen LogP contribution in [0.15, 0.2) is 69.7 Å². The summed E-state index contributed by atoms with van der Waals surface area (Å²) in [6.45, 7) is 3.93. The maximum Gasteiger partial charge on any atom is 0.257 e. The van der Waals surface area contributed by atoms with Crippen LogP contribution in [-0.2, 0) is 11.3 Å². The Morgan fingerprint density at radius 2 is 2.10 bits per heavy atom. The smallest absolute Gasteiger partial charge is 0.257 e. The molecule has 0 saturated carbocycles. The van der Waals surface area contributed by atoms with E-state index in [0.717, 1.165) is 35.9 Å². The monoisotopic (exact) mass is 423 g/mol. The van der Waals surface area contributed by atoms with Crippen LogP contribution in [0.25, 0.3) is 0 Å². The van der Waals surface area contributed by atoms with Gasteiger partial charge in [0.2, 0.25) is 0 Å². The van der Waals surface area contributed by atoms with E-state index >= 15 is 0 Å². The third kappa shape index (κ3) is 4.47. The second-order valence-electron chi connectivity index (χ2n) is 7.13. The number of likely N-dealkylation sites (N-methyl/N-ethyl adjacent to an activating group) is 1. The predicted molar refractivity (Wildman–Crippen MR) is 118 cm³/mol. The molecule has 7 heteroatoms. The van der Waals surface area contributed by atoms with Crippen molar-refractivity contribution < 1.29 is 13.9 Å². The number of thiophene rings is 1. The maximum absolute atomic E-state index is 13.2. The van der Waals surface area contributed by atoms with Crippen LogP contribution in [0.2, 0.25) is 0 Å². The molecule has 0 saturated heterocycles. The SMILES string of the molecule is CCN(CC(=O)N1N=C(c2ccc(OC)cc2)C[C@@H]1c1ccco1)Cc1cccs1. The van der Waals surface area contributed by atoms with Crippen molar-refractivity contribution in [2.75, 3.05) is 20.2 Å². The van der Waals surface area contributed by atoms with E-state index in [1.54, 1.807) is 29.7 Å². The normalized spacial score (nSPS) is 16.2. The first kappa shape index (κ1) is 20.4. The van der Waals surface area contributed by atoms with E-state index in [2.05, 4.69) is 23.3 Å². The number of hydrogen-bond acceptors (Lipinski definition) is 6. The van der Waals surface area contributed by atoms with E-state index < -0.39 is 0 Å². The van der Waals surface area contributed by atoms with E-state index in [0.29, 0.717) is 13.0 Å². The third-order valence-corrected chi connectivity index (χ3v) is 6.09. The van der Waals surface area contributed by atoms with Crippen molar-refractivity contribution in [2.24, 2.45) is 5.10 Å². The Bertz CT molecular complexity index is 981. The van der Waals surface area contributed by atoms with Crippen molar-refractivity contribution in [3.05, 3.63) is 76.4 Å². The Labute approximate surface area is 180 Å². The number of hydrogen-bond donors (Lipinski definition) is 0. The highest BCUT2D eigenvalue weighted by Gasteiger charge is 2.35. The molecule has 4 rings (SSSR count). The fraction of sp³-hybridized carbons (Fsp3) is 0.304. The Kier molecular flexibility index (Phi) is 6.30. The summed E-state index contributed by atoms with van der Waals surface area (Å²) in [4.78, 5) is 16.6. The summed E-state index contributed by atoms with van der Waals surface area (Å²) in [5, 5.41) is 8.36. The van der Waals surface area contributed by atoms with E-state index in [-0.39, 0.29) is 11.9 Å². The Morgan fingerprint density at radius 1 is 1.27 bits per heavy atom. The van der Waals surface area contributed by atoms with Gasteiger partial charge in [0.15, 0.2) is 0 Å². The van der Waals surface area contributed by atoms with E-state index in [1.165, 1.54) is 4.88 Å². The van der Waals surface area contributed by atoms with Crippen molar-refractivity contribution in [3.63, 3.8) is 0 Å². The number of methoxy groups -OCH3 is 1. The molecule has 1 aliphatic rings. The van der Waals surface area contributed by atoms with E-state index in [9.17, 15) is 4.79 Å². The van der Waals surface area contributed by atoms with Gasteiger partial charge in [-0.2, -0.15) is 5.10 Å². The number of amides is 1. The van der Waals surface area contributed by atoms with Crippen LogP contribution in [0.4, 0.5) is 0 Å². The number of hydrazone groups is 1. The lowest BCUT2D eigenvalue weighted by Gasteiger charge is -2.24. The van der Waals surface area contributed by atoms with Gasteiger partial charge in [0.1, 0.15) is 17.6 Å². The zero-order valence-corrected chi connectivity index (χ0v) is 18.0. The standard InChI is InChI=1S/C23H25N3O3S/c1-3-25(15-19-6-5-13-30-19)16-23(27)26-21(22-7-4-12-29-22)14-20(24-26)17-8-10-18(28-2)11-9-17/h4-13,21H,3,14-16H2,1-2H3/t21-/m1/s1. The Balaban J connectivity index is 1.54. The number of benzene rings is 1. The summed E-state index contributed by atoms with van der Waals surface area (Å²) < 4.78 is 10.9. The van der Waals surface area contributed by atoms with Crippen LogP contribution in [0.3, 0.4) is 0 Å². The Hall–Kier alpha value is -2.90. The minimum absolute atomic E-state index is 0.0293. The fourth-order valence-corrected chi connectivity index (χ4v) is 4.31. The minimum Gasteiger partial charge on any atom is -0.497 e. The molecule has 0 aliphatic carbocycles. The number of rotatable bonds is 8. The lowest BCUT2D eigenvalue weighted by Crippen LogP contribution is -2.37. The van der Waals surface area contributed by atoms with Crippen molar-refractivity contribution in [3.8, 4) is 5.75 Å². The lowest BCUT2D eigenvalue weighted by molar-refractivity contribution is -0.134. The second-order valence-corrected chi connectivity index (χ2v) is 8.16. The molecule has 1 aromatic carbocycles. The number of carbonyl (C=O) groups excluding carboxylic acids is 1. The molecule has 6 nitrogen and oxygen atoms in total. The number of ether oxygens (including phenoxy) is 1. The van der Waals surface area contributed by atoms with Crippen molar-refractivity contribution >= 4 is 23.0 Å². The molecule has 1 amide bonds. The summed E-state index contributed by atoms with van der Waals surface area (Å²) >= 11 is 1.71. The molecule has 0 bridgehead atoms. The molecule has 0 spiro atoms. The molecule has 3 aromatic rings. The van der Waals surface area contributed by atoms with Gasteiger partial charge in [-0.15, -0.1) is 11.3 Å². The first-order valence-electron chi connectivity index (χ1n) is 10.00. The Morgan fingerprint density at radius 3 is 2.73 bits per heavy atom. The van der Waals surface area contributed by atoms with E-state index in [4.69, 9.17) is 14.3 Å². The average Bonchev–Trinajstić information content (AvgIpc) is 3.54. The van der Waals surface area contributed by atoms with Gasteiger partial charge in [-0.3, -0.25) is 9.69 Å². The zero-order valence-electron chi connectivity index (χ0n) is 17.2. The van der Waals surface area contributed by atoms with Crippen LogP contribution in [-0.4, -0.2) is 41.7 Å². The molecular weight excluding hydrogens is 398 g/mol. The lowest BCUT2D eigenvalue weighted by atomic mass is 10.0. The zero-order chi connectivity index (χ0) is 20.9. The van der Waals surface area contributed by atoms with Gasteiger partial charge in [-0.25, -0.2) is 5.01 Å². The molecule has 1 aliphatic heterocycles. The van der Waals surface area contributed by atoms with E-state index in [1.807, 2.05) is 42.5 Å². The highest BCUT2D eigenvalue weighted by Crippen LogP contribution is 2.33. The van der Waals surface area contributed by atoms with Gasteiger partial charge in [0.25, 0.3) is 5.91 Å². The molecule has 30 heavy (non-hydrogen) atoms. The molecule has 3 heterocycles. The summed E-state index contributed by atoms with van der Waals surface area (Å²) in [5.74, 6) is 1.51.